The van der Waals surface area contributed by atoms with Crippen molar-refractivity contribution >= 4 is 35.1 Å². The van der Waals surface area contributed by atoms with Crippen molar-refractivity contribution < 1.29 is 9.18 Å². The Labute approximate surface area is 158 Å². The van der Waals surface area contributed by atoms with Gasteiger partial charge in [0.25, 0.3) is 0 Å². The van der Waals surface area contributed by atoms with Gasteiger partial charge in [-0.15, -0.1) is 5.10 Å². The van der Waals surface area contributed by atoms with Crippen LogP contribution in [0.15, 0.2) is 36.9 Å². The number of hydrogen-bond donors (Lipinski definition) is 1. The quantitative estimate of drug-likeness (QED) is 0.693. The van der Waals surface area contributed by atoms with E-state index in [-0.39, 0.29) is 24.3 Å². The van der Waals surface area contributed by atoms with Crippen LogP contribution in [-0.4, -0.2) is 30.5 Å². The molecule has 3 aromatic rings. The molecule has 136 valence electrons. The van der Waals surface area contributed by atoms with Crippen molar-refractivity contribution in [1.82, 2.24) is 24.5 Å². The molecule has 10 heteroatoms. The number of anilines is 1. The lowest BCUT2D eigenvalue weighted by Crippen LogP contribution is -2.25. The van der Waals surface area contributed by atoms with E-state index in [1.807, 2.05) is 0 Å². The Hall–Kier alpha value is -2.45. The first-order valence-electron chi connectivity index (χ1n) is 7.73. The van der Waals surface area contributed by atoms with Gasteiger partial charge in [0.1, 0.15) is 12.1 Å². The molecule has 0 spiro atoms. The number of nitrogens with zero attached hydrogens (tertiary/aromatic N) is 5. The molecular weight excluding hydrogens is 382 g/mol. The highest BCUT2D eigenvalue weighted by Crippen LogP contribution is 2.20. The minimum absolute atomic E-state index is 0.107. The maximum atomic E-state index is 13.8. The topological polar surface area (TPSA) is 77.6 Å². The van der Waals surface area contributed by atoms with Crippen LogP contribution in [0.4, 0.5) is 10.3 Å². The Bertz CT molecular complexity index is 905. The highest BCUT2D eigenvalue weighted by atomic mass is 35.5. The zero-order valence-corrected chi connectivity index (χ0v) is 15.2. The summed E-state index contributed by atoms with van der Waals surface area (Å²) in [6.07, 6.45) is 4.54. The number of nitrogens with one attached hydrogen (secondary N) is 1. The first-order chi connectivity index (χ1) is 12.4. The molecule has 0 saturated carbocycles. The van der Waals surface area contributed by atoms with Gasteiger partial charge in [-0.2, -0.15) is 5.10 Å². The maximum absolute atomic E-state index is 13.8. The van der Waals surface area contributed by atoms with Crippen LogP contribution < -0.4 is 5.32 Å². The number of amides is 1. The van der Waals surface area contributed by atoms with Crippen molar-refractivity contribution in [3.05, 3.63) is 58.3 Å². The first-order valence-corrected chi connectivity index (χ1v) is 8.49. The highest BCUT2D eigenvalue weighted by Gasteiger charge is 2.16. The van der Waals surface area contributed by atoms with Gasteiger partial charge in [-0.05, 0) is 12.1 Å². The van der Waals surface area contributed by atoms with Crippen LogP contribution in [0, 0.1) is 11.7 Å². The molecule has 0 saturated heterocycles. The van der Waals surface area contributed by atoms with Gasteiger partial charge in [0.15, 0.2) is 0 Å². The van der Waals surface area contributed by atoms with Crippen molar-refractivity contribution in [2.24, 2.45) is 5.92 Å². The molecule has 1 atom stereocenters. The molecule has 1 N–H and O–H groups in total. The third kappa shape index (κ3) is 4.39. The van der Waals surface area contributed by atoms with E-state index in [0.717, 1.165) is 0 Å². The van der Waals surface area contributed by atoms with Gasteiger partial charge in [0, 0.05) is 16.8 Å². The Kier molecular flexibility index (Phi) is 5.53. The van der Waals surface area contributed by atoms with Gasteiger partial charge < -0.3 is 0 Å². The Morgan fingerprint density at radius 3 is 2.85 bits per heavy atom. The average Bonchev–Trinajstić information content (AvgIpc) is 3.20. The fourth-order valence-corrected chi connectivity index (χ4v) is 2.69. The zero-order valence-electron chi connectivity index (χ0n) is 13.7. The number of carbonyl (C=O) groups is 1. The molecule has 1 aromatic carbocycles. The van der Waals surface area contributed by atoms with Crippen molar-refractivity contribution in [1.29, 1.82) is 0 Å². The van der Waals surface area contributed by atoms with E-state index in [9.17, 15) is 9.18 Å². The lowest BCUT2D eigenvalue weighted by Gasteiger charge is -2.10. The largest absolute Gasteiger partial charge is 0.293 e. The summed E-state index contributed by atoms with van der Waals surface area (Å²) >= 11 is 11.8. The van der Waals surface area contributed by atoms with Crippen molar-refractivity contribution in [2.45, 2.75) is 20.0 Å². The predicted molar refractivity (Wildman–Crippen MR) is 95.6 cm³/mol. The number of benzene rings is 1. The fraction of sp³-hybridized carbons (Fsp3) is 0.250. The summed E-state index contributed by atoms with van der Waals surface area (Å²) in [4.78, 5) is 16.3. The van der Waals surface area contributed by atoms with Crippen molar-refractivity contribution in [2.75, 3.05) is 5.32 Å². The SMILES string of the molecule is CC(Cn1cc(Cl)cn1)C(=O)Nc1ncn(Cc2c(F)cccc2Cl)n1. The molecule has 1 amide bonds. The smallest absolute Gasteiger partial charge is 0.248 e. The molecule has 2 heterocycles. The molecule has 0 aliphatic heterocycles. The molecule has 1 unspecified atom stereocenters. The molecule has 0 fully saturated rings. The van der Waals surface area contributed by atoms with Gasteiger partial charge in [-0.1, -0.05) is 36.2 Å². The predicted octanol–water partition coefficient (Wildman–Crippen LogP) is 3.24. The van der Waals surface area contributed by atoms with Crippen LogP contribution in [0.3, 0.4) is 0 Å². The average molecular weight is 397 g/mol. The summed E-state index contributed by atoms with van der Waals surface area (Å²) in [6.45, 7) is 2.22. The molecule has 3 rings (SSSR count). The molecule has 0 aliphatic carbocycles. The first kappa shape index (κ1) is 18.3. The minimum atomic E-state index is -0.426. The van der Waals surface area contributed by atoms with E-state index in [1.165, 1.54) is 29.3 Å². The van der Waals surface area contributed by atoms with Gasteiger partial charge in [0.2, 0.25) is 11.9 Å². The number of rotatable bonds is 6. The zero-order chi connectivity index (χ0) is 18.7. The Morgan fingerprint density at radius 1 is 1.35 bits per heavy atom. The third-order valence-electron chi connectivity index (χ3n) is 3.66. The van der Waals surface area contributed by atoms with Crippen LogP contribution in [0.25, 0.3) is 0 Å². The molecular formula is C16H15Cl2FN6O. The van der Waals surface area contributed by atoms with Crippen LogP contribution >= 0.6 is 23.2 Å². The summed E-state index contributed by atoms with van der Waals surface area (Å²) in [5, 5.41) is 11.6. The standard InChI is InChI=1S/C16H15Cl2FN6O/c1-10(6-24-7-11(17)5-21-24)15(26)22-16-20-9-25(23-16)8-12-13(18)3-2-4-14(12)19/h2-5,7,9-10H,6,8H2,1H3,(H,22,23,26). The molecule has 0 bridgehead atoms. The fourth-order valence-electron chi connectivity index (χ4n) is 2.31. The number of halogens is 3. The number of carbonyl (C=O) groups excluding carboxylic acids is 1. The van der Waals surface area contributed by atoms with Gasteiger partial charge >= 0.3 is 0 Å². The monoisotopic (exact) mass is 396 g/mol. The number of hydrogen-bond acceptors (Lipinski definition) is 4. The molecule has 0 radical (unpaired) electrons. The van der Waals surface area contributed by atoms with Crippen molar-refractivity contribution in [3.8, 4) is 0 Å². The van der Waals surface area contributed by atoms with E-state index in [4.69, 9.17) is 23.2 Å². The van der Waals surface area contributed by atoms with Gasteiger partial charge in [0.05, 0.1) is 30.2 Å². The molecule has 7 nitrogen and oxygen atoms in total. The minimum Gasteiger partial charge on any atom is -0.293 e. The Balaban J connectivity index is 1.61. The molecule has 26 heavy (non-hydrogen) atoms. The summed E-state index contributed by atoms with van der Waals surface area (Å²) in [7, 11) is 0. The van der Waals surface area contributed by atoms with E-state index in [2.05, 4.69) is 20.5 Å². The summed E-state index contributed by atoms with van der Waals surface area (Å²) in [5.74, 6) is -0.935. The van der Waals surface area contributed by atoms with Crippen molar-refractivity contribution in [3.63, 3.8) is 0 Å². The second kappa shape index (κ2) is 7.84. The second-order valence-corrected chi connectivity index (χ2v) is 6.58. The molecule has 0 aliphatic rings. The van der Waals surface area contributed by atoms with E-state index in [1.54, 1.807) is 23.9 Å². The van der Waals surface area contributed by atoms with Crippen LogP contribution in [0.5, 0.6) is 0 Å². The van der Waals surface area contributed by atoms with Gasteiger partial charge in [-0.3, -0.25) is 14.8 Å². The maximum Gasteiger partial charge on any atom is 0.248 e. The lowest BCUT2D eigenvalue weighted by atomic mass is 10.1. The second-order valence-electron chi connectivity index (χ2n) is 5.74. The Morgan fingerprint density at radius 2 is 2.15 bits per heavy atom. The number of aromatic nitrogens is 5. The highest BCUT2D eigenvalue weighted by molar-refractivity contribution is 6.31. The van der Waals surface area contributed by atoms with Crippen LogP contribution in [-0.2, 0) is 17.9 Å². The van der Waals surface area contributed by atoms with Gasteiger partial charge in [-0.25, -0.2) is 14.1 Å². The summed E-state index contributed by atoms with van der Waals surface area (Å²) in [6, 6.07) is 4.45. The van der Waals surface area contributed by atoms with E-state index >= 15 is 0 Å². The lowest BCUT2D eigenvalue weighted by molar-refractivity contribution is -0.119. The third-order valence-corrected chi connectivity index (χ3v) is 4.21. The van der Waals surface area contributed by atoms with Crippen LogP contribution in [0.2, 0.25) is 10.0 Å². The molecule has 2 aromatic heterocycles. The summed E-state index contributed by atoms with van der Waals surface area (Å²) in [5.41, 5.74) is 0.306. The van der Waals surface area contributed by atoms with Crippen LogP contribution in [0.1, 0.15) is 12.5 Å². The summed E-state index contributed by atoms with van der Waals surface area (Å²) < 4.78 is 16.8. The normalized spacial score (nSPS) is 12.2. The van der Waals surface area contributed by atoms with E-state index in [0.29, 0.717) is 22.2 Å². The van der Waals surface area contributed by atoms with E-state index < -0.39 is 5.82 Å².